The highest BCUT2D eigenvalue weighted by atomic mass is 15.1. The molecule has 0 aromatic carbocycles. The Labute approximate surface area is 79.6 Å². The molecule has 0 amide bonds. The molecule has 0 saturated heterocycles. The molecule has 0 fully saturated rings. The number of rotatable bonds is 4. The molecule has 1 aromatic heterocycles. The van der Waals surface area contributed by atoms with Crippen LogP contribution in [0.5, 0.6) is 0 Å². The van der Waals surface area contributed by atoms with E-state index in [1.165, 1.54) is 0 Å². The van der Waals surface area contributed by atoms with E-state index in [0.717, 1.165) is 18.7 Å². The maximum absolute atomic E-state index is 5.19. The highest BCUT2D eigenvalue weighted by Crippen LogP contribution is 1.95. The molecule has 0 N–H and O–H groups in total. The van der Waals surface area contributed by atoms with Gasteiger partial charge in [-0.25, -0.2) is 0 Å². The average molecular weight is 174 g/mol. The molecule has 2 nitrogen and oxygen atoms in total. The molecule has 68 valence electrons. The highest BCUT2D eigenvalue weighted by molar-refractivity contribution is 5.03. The van der Waals surface area contributed by atoms with Gasteiger partial charge in [0.2, 0.25) is 0 Å². The third-order valence-electron chi connectivity index (χ3n) is 1.84. The van der Waals surface area contributed by atoms with Crippen LogP contribution in [0.4, 0.5) is 0 Å². The van der Waals surface area contributed by atoms with Crippen molar-refractivity contribution in [2.75, 3.05) is 20.1 Å². The summed E-state index contributed by atoms with van der Waals surface area (Å²) in [7, 11) is 2.02. The van der Waals surface area contributed by atoms with Crippen LogP contribution >= 0.6 is 0 Å². The first-order valence-electron chi connectivity index (χ1n) is 4.35. The Kier molecular flexibility index (Phi) is 4.01. The number of aromatic nitrogens is 1. The smallest absolute Gasteiger partial charge is 0.0596 e. The summed E-state index contributed by atoms with van der Waals surface area (Å²) in [6, 6.07) is 5.96. The van der Waals surface area contributed by atoms with E-state index in [9.17, 15) is 0 Å². The molecule has 0 atom stereocenters. The van der Waals surface area contributed by atoms with Gasteiger partial charge in [0.05, 0.1) is 6.54 Å². The van der Waals surface area contributed by atoms with Crippen LogP contribution in [-0.4, -0.2) is 30.0 Å². The van der Waals surface area contributed by atoms with Crippen LogP contribution in [0.15, 0.2) is 24.4 Å². The Morgan fingerprint density at radius 1 is 1.54 bits per heavy atom. The second-order valence-corrected chi connectivity index (χ2v) is 3.01. The van der Waals surface area contributed by atoms with Gasteiger partial charge in [0.15, 0.2) is 0 Å². The third-order valence-corrected chi connectivity index (χ3v) is 1.84. The van der Waals surface area contributed by atoms with Crippen LogP contribution in [0.1, 0.15) is 5.69 Å². The predicted octanol–water partition coefficient (Wildman–Crippen LogP) is 1.19. The molecule has 0 spiro atoms. The summed E-state index contributed by atoms with van der Waals surface area (Å²) in [6.07, 6.45) is 7.96. The standard InChI is InChI=1S/C11H14N2/c1-3-9-13(2)10-7-11-6-4-5-8-12-11/h1,4-6,8H,7,9-10H2,2H3. The summed E-state index contributed by atoms with van der Waals surface area (Å²) in [6.45, 7) is 1.66. The van der Waals surface area contributed by atoms with E-state index in [1.807, 2.05) is 31.4 Å². The SMILES string of the molecule is C#CCN(C)CCc1ccccn1. The van der Waals surface area contributed by atoms with Crippen LogP contribution < -0.4 is 0 Å². The zero-order chi connectivity index (χ0) is 9.52. The van der Waals surface area contributed by atoms with Crippen LogP contribution in [0.3, 0.4) is 0 Å². The molecule has 1 rings (SSSR count). The molecule has 0 aliphatic carbocycles. The van der Waals surface area contributed by atoms with Crippen molar-refractivity contribution >= 4 is 0 Å². The van der Waals surface area contributed by atoms with Gasteiger partial charge >= 0.3 is 0 Å². The topological polar surface area (TPSA) is 16.1 Å². The van der Waals surface area contributed by atoms with Crippen molar-refractivity contribution in [2.45, 2.75) is 6.42 Å². The summed E-state index contributed by atoms with van der Waals surface area (Å²) < 4.78 is 0. The van der Waals surface area contributed by atoms with E-state index in [4.69, 9.17) is 6.42 Å². The van der Waals surface area contributed by atoms with E-state index in [-0.39, 0.29) is 0 Å². The van der Waals surface area contributed by atoms with Crippen molar-refractivity contribution in [1.82, 2.24) is 9.88 Å². The lowest BCUT2D eigenvalue weighted by Gasteiger charge is -2.11. The second kappa shape index (κ2) is 5.34. The van der Waals surface area contributed by atoms with Gasteiger partial charge in [-0.05, 0) is 19.2 Å². The van der Waals surface area contributed by atoms with E-state index in [2.05, 4.69) is 15.8 Å². The number of hydrogen-bond acceptors (Lipinski definition) is 2. The summed E-state index contributed by atoms with van der Waals surface area (Å²) in [5, 5.41) is 0. The van der Waals surface area contributed by atoms with E-state index >= 15 is 0 Å². The molecule has 13 heavy (non-hydrogen) atoms. The fourth-order valence-corrected chi connectivity index (χ4v) is 1.09. The van der Waals surface area contributed by atoms with Crippen LogP contribution in [-0.2, 0) is 6.42 Å². The first-order chi connectivity index (χ1) is 6.33. The van der Waals surface area contributed by atoms with Crippen LogP contribution in [0.25, 0.3) is 0 Å². The van der Waals surface area contributed by atoms with Crippen molar-refractivity contribution in [3.63, 3.8) is 0 Å². The van der Waals surface area contributed by atoms with Crippen molar-refractivity contribution in [3.05, 3.63) is 30.1 Å². The summed E-state index contributed by atoms with van der Waals surface area (Å²) in [5.74, 6) is 2.61. The van der Waals surface area contributed by atoms with Gasteiger partial charge in [-0.1, -0.05) is 12.0 Å². The van der Waals surface area contributed by atoms with Gasteiger partial charge in [0, 0.05) is 24.9 Å². The zero-order valence-electron chi connectivity index (χ0n) is 7.90. The normalized spacial score (nSPS) is 9.92. The molecule has 1 aromatic rings. The van der Waals surface area contributed by atoms with Gasteiger partial charge in [-0.15, -0.1) is 6.42 Å². The number of nitrogens with zero attached hydrogens (tertiary/aromatic N) is 2. The monoisotopic (exact) mass is 174 g/mol. The van der Waals surface area contributed by atoms with Gasteiger partial charge in [-0.2, -0.15) is 0 Å². The molecule has 0 aliphatic rings. The van der Waals surface area contributed by atoms with Crippen LogP contribution in [0, 0.1) is 12.3 Å². The fraction of sp³-hybridized carbons (Fsp3) is 0.364. The molecule has 2 heteroatoms. The lowest BCUT2D eigenvalue weighted by molar-refractivity contribution is 0.379. The largest absolute Gasteiger partial charge is 0.295 e. The Hall–Kier alpha value is -1.33. The lowest BCUT2D eigenvalue weighted by atomic mass is 10.2. The summed E-state index contributed by atoms with van der Waals surface area (Å²) >= 11 is 0. The van der Waals surface area contributed by atoms with E-state index in [1.54, 1.807) is 0 Å². The Balaban J connectivity index is 2.32. The Bertz CT molecular complexity index is 274. The number of likely N-dealkylation sites (N-methyl/N-ethyl adjacent to an activating group) is 1. The molecular formula is C11H14N2. The zero-order valence-corrected chi connectivity index (χ0v) is 7.90. The van der Waals surface area contributed by atoms with Crippen molar-refractivity contribution < 1.29 is 0 Å². The molecule has 1 heterocycles. The Morgan fingerprint density at radius 3 is 3.00 bits per heavy atom. The number of terminal acetylenes is 1. The molecule has 0 radical (unpaired) electrons. The first kappa shape index (κ1) is 9.76. The predicted molar refractivity (Wildman–Crippen MR) is 54.3 cm³/mol. The summed E-state index contributed by atoms with van der Waals surface area (Å²) in [4.78, 5) is 6.34. The van der Waals surface area contributed by atoms with Gasteiger partial charge in [0.1, 0.15) is 0 Å². The third kappa shape index (κ3) is 3.73. The van der Waals surface area contributed by atoms with Crippen molar-refractivity contribution in [3.8, 4) is 12.3 Å². The molecule has 0 unspecified atom stereocenters. The first-order valence-corrected chi connectivity index (χ1v) is 4.35. The molecule has 0 bridgehead atoms. The quantitative estimate of drug-likeness (QED) is 0.637. The van der Waals surface area contributed by atoms with E-state index < -0.39 is 0 Å². The summed E-state index contributed by atoms with van der Waals surface area (Å²) in [5.41, 5.74) is 1.12. The second-order valence-electron chi connectivity index (χ2n) is 3.01. The maximum atomic E-state index is 5.19. The minimum absolute atomic E-state index is 0.701. The van der Waals surface area contributed by atoms with E-state index in [0.29, 0.717) is 6.54 Å². The van der Waals surface area contributed by atoms with Crippen LogP contribution in [0.2, 0.25) is 0 Å². The van der Waals surface area contributed by atoms with Crippen molar-refractivity contribution in [1.29, 1.82) is 0 Å². The maximum Gasteiger partial charge on any atom is 0.0596 e. The average Bonchev–Trinajstić information content (AvgIpc) is 2.17. The molecule has 0 saturated carbocycles. The fourth-order valence-electron chi connectivity index (χ4n) is 1.09. The molecule has 0 aliphatic heterocycles. The number of hydrogen-bond donors (Lipinski definition) is 0. The number of pyridine rings is 1. The Morgan fingerprint density at radius 2 is 2.38 bits per heavy atom. The lowest BCUT2D eigenvalue weighted by Crippen LogP contribution is -2.21. The van der Waals surface area contributed by atoms with Gasteiger partial charge in [0.25, 0.3) is 0 Å². The van der Waals surface area contributed by atoms with Gasteiger partial charge in [-0.3, -0.25) is 9.88 Å². The molecular weight excluding hydrogens is 160 g/mol. The minimum Gasteiger partial charge on any atom is -0.295 e. The minimum atomic E-state index is 0.701. The van der Waals surface area contributed by atoms with Gasteiger partial charge < -0.3 is 0 Å². The highest BCUT2D eigenvalue weighted by Gasteiger charge is 1.97. The van der Waals surface area contributed by atoms with Crippen molar-refractivity contribution in [2.24, 2.45) is 0 Å².